The summed E-state index contributed by atoms with van der Waals surface area (Å²) in [5, 5.41) is 17.5. The van der Waals surface area contributed by atoms with Crippen molar-refractivity contribution in [2.45, 2.75) is 27.2 Å². The monoisotopic (exact) mass is 396 g/mol. The summed E-state index contributed by atoms with van der Waals surface area (Å²) in [7, 11) is 0. The van der Waals surface area contributed by atoms with E-state index in [0.29, 0.717) is 5.56 Å². The average Bonchev–Trinajstić information content (AvgIpc) is 3.24. The van der Waals surface area contributed by atoms with Crippen molar-refractivity contribution in [1.29, 1.82) is 5.26 Å². The molecule has 3 heterocycles. The standard InChI is InChI=1S/C24H20N4O2/c1-14-23(16(3)29-26-14)18-6-9-21-20(12-18)24-15(2)27-30-22(24)10-11-28(21)19-7-4-17(13-25)5-8-19/h4-9,12H,10-11H2,1-3H3. The van der Waals surface area contributed by atoms with Crippen LogP contribution in [0, 0.1) is 32.1 Å². The van der Waals surface area contributed by atoms with E-state index in [4.69, 9.17) is 14.3 Å². The fourth-order valence-corrected chi connectivity index (χ4v) is 4.27. The fraction of sp³-hybridized carbons (Fsp3) is 0.208. The molecule has 6 heteroatoms. The number of hydrogen-bond donors (Lipinski definition) is 0. The summed E-state index contributed by atoms with van der Waals surface area (Å²) < 4.78 is 11.1. The van der Waals surface area contributed by atoms with Crippen LogP contribution in [0.4, 0.5) is 11.4 Å². The van der Waals surface area contributed by atoms with Gasteiger partial charge in [0.25, 0.3) is 0 Å². The first-order chi connectivity index (χ1) is 14.6. The number of nitrogens with zero attached hydrogens (tertiary/aromatic N) is 4. The van der Waals surface area contributed by atoms with Gasteiger partial charge in [0.1, 0.15) is 11.5 Å². The zero-order valence-electron chi connectivity index (χ0n) is 17.1. The highest BCUT2D eigenvalue weighted by molar-refractivity contribution is 5.89. The quantitative estimate of drug-likeness (QED) is 0.446. The van der Waals surface area contributed by atoms with Gasteiger partial charge < -0.3 is 13.9 Å². The van der Waals surface area contributed by atoms with Gasteiger partial charge in [-0.25, -0.2) is 0 Å². The highest BCUT2D eigenvalue weighted by Gasteiger charge is 2.27. The van der Waals surface area contributed by atoms with Gasteiger partial charge in [-0.1, -0.05) is 16.4 Å². The predicted molar refractivity (Wildman–Crippen MR) is 114 cm³/mol. The molecule has 2 aromatic heterocycles. The van der Waals surface area contributed by atoms with Crippen LogP contribution >= 0.6 is 0 Å². The lowest BCUT2D eigenvalue weighted by molar-refractivity contribution is 0.381. The Hall–Kier alpha value is -3.85. The number of hydrogen-bond acceptors (Lipinski definition) is 6. The topological polar surface area (TPSA) is 79.1 Å². The summed E-state index contributed by atoms with van der Waals surface area (Å²) in [5.74, 6) is 1.69. The number of aromatic nitrogens is 2. The van der Waals surface area contributed by atoms with Crippen LogP contribution in [0.1, 0.15) is 28.5 Å². The highest BCUT2D eigenvalue weighted by Crippen LogP contribution is 2.43. The second-order valence-corrected chi connectivity index (χ2v) is 7.56. The van der Waals surface area contributed by atoms with Crippen molar-refractivity contribution in [2.24, 2.45) is 0 Å². The van der Waals surface area contributed by atoms with Crippen molar-refractivity contribution >= 4 is 11.4 Å². The molecule has 1 aliphatic rings. The summed E-state index contributed by atoms with van der Waals surface area (Å²) in [4.78, 5) is 2.27. The van der Waals surface area contributed by atoms with Crippen LogP contribution in [0.15, 0.2) is 51.5 Å². The maximum absolute atomic E-state index is 9.13. The smallest absolute Gasteiger partial charge is 0.146 e. The minimum absolute atomic E-state index is 0.648. The number of rotatable bonds is 2. The normalized spacial score (nSPS) is 12.8. The lowest BCUT2D eigenvalue weighted by atomic mass is 9.95. The Balaban J connectivity index is 1.72. The first-order valence-electron chi connectivity index (χ1n) is 9.87. The van der Waals surface area contributed by atoms with Crippen LogP contribution in [-0.4, -0.2) is 16.9 Å². The largest absolute Gasteiger partial charge is 0.361 e. The zero-order chi connectivity index (χ0) is 20.8. The van der Waals surface area contributed by atoms with Crippen molar-refractivity contribution in [2.75, 3.05) is 11.4 Å². The number of fused-ring (bicyclic) bond motifs is 3. The first-order valence-corrected chi connectivity index (χ1v) is 9.87. The van der Waals surface area contributed by atoms with Crippen LogP contribution < -0.4 is 4.90 Å². The maximum atomic E-state index is 9.13. The third kappa shape index (κ3) is 2.79. The Morgan fingerprint density at radius 2 is 1.67 bits per heavy atom. The molecule has 6 nitrogen and oxygen atoms in total. The molecule has 2 aromatic carbocycles. The zero-order valence-corrected chi connectivity index (χ0v) is 17.1. The van der Waals surface area contributed by atoms with E-state index >= 15 is 0 Å². The Labute approximate surface area is 174 Å². The average molecular weight is 396 g/mol. The Kier molecular flexibility index (Phi) is 4.18. The molecule has 0 N–H and O–H groups in total. The van der Waals surface area contributed by atoms with E-state index in [9.17, 15) is 0 Å². The van der Waals surface area contributed by atoms with Gasteiger partial charge in [0, 0.05) is 41.0 Å². The van der Waals surface area contributed by atoms with E-state index in [1.807, 2.05) is 45.0 Å². The van der Waals surface area contributed by atoms with Crippen LogP contribution in [0.5, 0.6) is 0 Å². The molecule has 148 valence electrons. The lowest BCUT2D eigenvalue weighted by Crippen LogP contribution is -2.19. The van der Waals surface area contributed by atoms with Crippen molar-refractivity contribution in [1.82, 2.24) is 10.3 Å². The molecule has 0 unspecified atom stereocenters. The van der Waals surface area contributed by atoms with Gasteiger partial charge in [0.2, 0.25) is 0 Å². The van der Waals surface area contributed by atoms with Gasteiger partial charge >= 0.3 is 0 Å². The van der Waals surface area contributed by atoms with Crippen LogP contribution in [-0.2, 0) is 6.42 Å². The SMILES string of the molecule is Cc1noc(C)c1-c1ccc2c(c1)-c1c(C)noc1CCN2c1ccc(C#N)cc1. The molecule has 1 aliphatic heterocycles. The summed E-state index contributed by atoms with van der Waals surface area (Å²) in [6.07, 6.45) is 0.742. The molecule has 0 amide bonds. The first kappa shape index (κ1) is 18.2. The molecule has 4 aromatic rings. The van der Waals surface area contributed by atoms with Crippen LogP contribution in [0.25, 0.3) is 22.3 Å². The Morgan fingerprint density at radius 1 is 0.933 bits per heavy atom. The van der Waals surface area contributed by atoms with Crippen LogP contribution in [0.3, 0.4) is 0 Å². The molecule has 0 saturated carbocycles. The van der Waals surface area contributed by atoms with Gasteiger partial charge in [-0.3, -0.25) is 0 Å². The minimum Gasteiger partial charge on any atom is -0.361 e. The van der Waals surface area contributed by atoms with E-state index < -0.39 is 0 Å². The third-order valence-corrected chi connectivity index (χ3v) is 5.68. The molecule has 0 saturated heterocycles. The summed E-state index contributed by atoms with van der Waals surface area (Å²) >= 11 is 0. The van der Waals surface area contributed by atoms with Crippen molar-refractivity contribution in [3.63, 3.8) is 0 Å². The van der Waals surface area contributed by atoms with E-state index in [2.05, 4.69) is 39.5 Å². The van der Waals surface area contributed by atoms with Gasteiger partial charge in [0.05, 0.1) is 23.0 Å². The van der Waals surface area contributed by atoms with Gasteiger partial charge in [0.15, 0.2) is 0 Å². The Bertz CT molecular complexity index is 1270. The van der Waals surface area contributed by atoms with E-state index in [0.717, 1.165) is 69.5 Å². The molecule has 0 fully saturated rings. The van der Waals surface area contributed by atoms with Crippen molar-refractivity contribution < 1.29 is 9.05 Å². The van der Waals surface area contributed by atoms with Gasteiger partial charge in [-0.2, -0.15) is 5.26 Å². The lowest BCUT2D eigenvalue weighted by Gasteiger charge is -2.25. The summed E-state index contributed by atoms with van der Waals surface area (Å²) in [6.45, 7) is 6.62. The van der Waals surface area contributed by atoms with E-state index in [1.165, 1.54) is 0 Å². The minimum atomic E-state index is 0.648. The number of aryl methyl sites for hydroxylation is 3. The summed E-state index contributed by atoms with van der Waals surface area (Å²) in [6, 6.07) is 16.3. The number of anilines is 2. The molecule has 0 radical (unpaired) electrons. The molecule has 0 aliphatic carbocycles. The highest BCUT2D eigenvalue weighted by atomic mass is 16.5. The summed E-state index contributed by atoms with van der Waals surface area (Å²) in [5.41, 5.74) is 8.71. The molecular formula is C24H20N4O2. The van der Waals surface area contributed by atoms with Gasteiger partial charge in [-0.05, 0) is 62.7 Å². The molecular weight excluding hydrogens is 376 g/mol. The third-order valence-electron chi connectivity index (χ3n) is 5.68. The number of benzene rings is 2. The van der Waals surface area contributed by atoms with E-state index in [1.54, 1.807) is 0 Å². The van der Waals surface area contributed by atoms with Crippen molar-refractivity contribution in [3.05, 3.63) is 70.9 Å². The van der Waals surface area contributed by atoms with Crippen molar-refractivity contribution in [3.8, 4) is 28.3 Å². The fourth-order valence-electron chi connectivity index (χ4n) is 4.27. The second kappa shape index (κ2) is 6.89. The van der Waals surface area contributed by atoms with Crippen LogP contribution in [0.2, 0.25) is 0 Å². The molecule has 0 spiro atoms. The maximum Gasteiger partial charge on any atom is 0.146 e. The predicted octanol–water partition coefficient (Wildman–Crippen LogP) is 5.49. The molecule has 0 atom stereocenters. The molecule has 5 rings (SSSR count). The van der Waals surface area contributed by atoms with E-state index in [-0.39, 0.29) is 0 Å². The molecule has 30 heavy (non-hydrogen) atoms. The Morgan fingerprint density at radius 3 is 2.37 bits per heavy atom. The van der Waals surface area contributed by atoms with Gasteiger partial charge in [-0.15, -0.1) is 0 Å². The second-order valence-electron chi connectivity index (χ2n) is 7.56. The molecule has 0 bridgehead atoms. The number of nitriles is 1.